The number of fused-ring (bicyclic) bond motifs is 1. The Morgan fingerprint density at radius 1 is 1.36 bits per heavy atom. The van der Waals surface area contributed by atoms with E-state index in [1.807, 2.05) is 13.8 Å². The van der Waals surface area contributed by atoms with Crippen molar-refractivity contribution < 1.29 is 18.0 Å². The van der Waals surface area contributed by atoms with E-state index < -0.39 is 23.8 Å². The molecule has 0 aliphatic rings. The molecule has 3 rings (SSSR count). The molecular formula is C17H18ClF3N6O. The molecule has 0 fully saturated rings. The summed E-state index contributed by atoms with van der Waals surface area (Å²) in [4.78, 5) is 16.6. The Labute approximate surface area is 163 Å². The summed E-state index contributed by atoms with van der Waals surface area (Å²) in [6.45, 7) is 7.64. The Balaban J connectivity index is 1.98. The van der Waals surface area contributed by atoms with Crippen LogP contribution in [0.5, 0.6) is 0 Å². The van der Waals surface area contributed by atoms with Crippen LogP contribution in [0.15, 0.2) is 12.3 Å². The van der Waals surface area contributed by atoms with Crippen molar-refractivity contribution in [1.82, 2.24) is 29.7 Å². The third kappa shape index (κ3) is 3.44. The van der Waals surface area contributed by atoms with Crippen molar-refractivity contribution in [2.45, 2.75) is 46.5 Å². The summed E-state index contributed by atoms with van der Waals surface area (Å²) in [5.41, 5.74) is 0.195. The Bertz CT molecular complexity index is 1060. The average molecular weight is 415 g/mol. The highest BCUT2D eigenvalue weighted by Gasteiger charge is 2.36. The smallest absolute Gasteiger partial charge is 0.344 e. The summed E-state index contributed by atoms with van der Waals surface area (Å²) in [6, 6.07) is 0.411. The van der Waals surface area contributed by atoms with Crippen LogP contribution < -0.4 is 5.32 Å². The van der Waals surface area contributed by atoms with Crippen LogP contribution in [0.4, 0.5) is 13.2 Å². The van der Waals surface area contributed by atoms with Crippen molar-refractivity contribution in [3.05, 3.63) is 45.6 Å². The van der Waals surface area contributed by atoms with E-state index >= 15 is 0 Å². The molecule has 7 nitrogen and oxygen atoms in total. The maximum Gasteiger partial charge on any atom is 0.433 e. The fourth-order valence-corrected chi connectivity index (χ4v) is 3.25. The summed E-state index contributed by atoms with van der Waals surface area (Å²) < 4.78 is 42.3. The molecule has 0 saturated heterocycles. The molecule has 1 atom stereocenters. The first kappa shape index (κ1) is 20.1. The number of aromatic nitrogens is 5. The topological polar surface area (TPSA) is 77.1 Å². The van der Waals surface area contributed by atoms with Gasteiger partial charge >= 0.3 is 6.18 Å². The zero-order valence-corrected chi connectivity index (χ0v) is 16.4. The van der Waals surface area contributed by atoms with Crippen molar-refractivity contribution >= 4 is 23.2 Å². The number of hydrogen-bond donors (Lipinski definition) is 1. The molecule has 11 heteroatoms. The van der Waals surface area contributed by atoms with Gasteiger partial charge in [0.05, 0.1) is 12.2 Å². The summed E-state index contributed by atoms with van der Waals surface area (Å²) in [7, 11) is 0. The minimum atomic E-state index is -4.67. The van der Waals surface area contributed by atoms with Crippen LogP contribution in [0.2, 0.25) is 5.02 Å². The largest absolute Gasteiger partial charge is 0.433 e. The molecule has 1 amide bonds. The zero-order chi connectivity index (χ0) is 20.8. The predicted octanol–water partition coefficient (Wildman–Crippen LogP) is 3.73. The maximum atomic E-state index is 13.3. The van der Waals surface area contributed by atoms with Gasteiger partial charge < -0.3 is 5.32 Å². The van der Waals surface area contributed by atoms with E-state index in [2.05, 4.69) is 20.5 Å². The Hall–Kier alpha value is -2.62. The van der Waals surface area contributed by atoms with Crippen LogP contribution in [0.25, 0.3) is 5.65 Å². The van der Waals surface area contributed by atoms with E-state index in [4.69, 9.17) is 11.6 Å². The minimum absolute atomic E-state index is 0.115. The summed E-state index contributed by atoms with van der Waals surface area (Å²) >= 11 is 6.14. The normalized spacial score (nSPS) is 13.1. The molecule has 0 aliphatic carbocycles. The van der Waals surface area contributed by atoms with Crippen LogP contribution in [0.3, 0.4) is 0 Å². The average Bonchev–Trinajstić information content (AvgIpc) is 3.14. The molecule has 3 aromatic rings. The number of rotatable bonds is 4. The first-order valence-corrected chi connectivity index (χ1v) is 8.88. The van der Waals surface area contributed by atoms with Gasteiger partial charge in [0.2, 0.25) is 0 Å². The van der Waals surface area contributed by atoms with Gasteiger partial charge in [-0.05, 0) is 33.8 Å². The Morgan fingerprint density at radius 3 is 2.61 bits per heavy atom. The number of hydrogen-bond acceptors (Lipinski definition) is 4. The monoisotopic (exact) mass is 414 g/mol. The van der Waals surface area contributed by atoms with Gasteiger partial charge in [0.1, 0.15) is 10.7 Å². The molecule has 0 radical (unpaired) electrons. The van der Waals surface area contributed by atoms with Crippen molar-refractivity contribution in [2.24, 2.45) is 0 Å². The van der Waals surface area contributed by atoms with Gasteiger partial charge in [-0.15, -0.1) is 0 Å². The van der Waals surface area contributed by atoms with Gasteiger partial charge in [0.25, 0.3) is 5.91 Å². The highest BCUT2D eigenvalue weighted by atomic mass is 35.5. The first-order valence-electron chi connectivity index (χ1n) is 8.50. The van der Waals surface area contributed by atoms with E-state index in [-0.39, 0.29) is 22.1 Å². The second kappa shape index (κ2) is 7.08. The third-order valence-electron chi connectivity index (χ3n) is 4.42. The molecule has 0 aliphatic heterocycles. The highest BCUT2D eigenvalue weighted by molar-refractivity contribution is 6.36. The molecular weight excluding hydrogens is 397 g/mol. The van der Waals surface area contributed by atoms with Gasteiger partial charge in [0, 0.05) is 23.5 Å². The zero-order valence-electron chi connectivity index (χ0n) is 15.6. The van der Waals surface area contributed by atoms with E-state index in [0.29, 0.717) is 11.1 Å². The molecule has 28 heavy (non-hydrogen) atoms. The second-order valence-corrected chi connectivity index (χ2v) is 6.75. The van der Waals surface area contributed by atoms with E-state index in [1.165, 1.54) is 6.92 Å². The first-order chi connectivity index (χ1) is 13.0. The van der Waals surface area contributed by atoms with Gasteiger partial charge in [-0.1, -0.05) is 11.6 Å². The standard InChI is InChI=1S/C17H18ClF3N6O/c1-5-26-10(4)11(7-22-26)9(3)24-16(28)14-13(18)15-23-8(2)6-12(17(19,20)21)27(15)25-14/h6-7,9H,5H2,1-4H3,(H,24,28). The van der Waals surface area contributed by atoms with Crippen molar-refractivity contribution in [2.75, 3.05) is 0 Å². The number of nitrogens with zero attached hydrogens (tertiary/aromatic N) is 5. The number of amides is 1. The van der Waals surface area contributed by atoms with Gasteiger partial charge in [0.15, 0.2) is 11.3 Å². The van der Waals surface area contributed by atoms with Crippen LogP contribution in [-0.4, -0.2) is 30.3 Å². The Morgan fingerprint density at radius 2 is 2.04 bits per heavy atom. The van der Waals surface area contributed by atoms with Crippen LogP contribution in [0.1, 0.15) is 53.0 Å². The Kier molecular flexibility index (Phi) is 5.09. The fraction of sp³-hybridized carbons (Fsp3) is 0.412. The molecule has 0 aromatic carbocycles. The number of aryl methyl sites for hydroxylation is 2. The van der Waals surface area contributed by atoms with E-state index in [9.17, 15) is 18.0 Å². The van der Waals surface area contributed by atoms with Gasteiger partial charge in [-0.2, -0.15) is 23.4 Å². The quantitative estimate of drug-likeness (QED) is 0.705. The molecule has 1 N–H and O–H groups in total. The molecule has 1 unspecified atom stereocenters. The van der Waals surface area contributed by atoms with E-state index in [0.717, 1.165) is 17.3 Å². The van der Waals surface area contributed by atoms with Crippen LogP contribution in [0, 0.1) is 13.8 Å². The minimum Gasteiger partial charge on any atom is -0.344 e. The van der Waals surface area contributed by atoms with Crippen molar-refractivity contribution in [1.29, 1.82) is 0 Å². The lowest BCUT2D eigenvalue weighted by molar-refractivity contribution is -0.142. The molecule has 3 heterocycles. The highest BCUT2D eigenvalue weighted by Crippen LogP contribution is 2.32. The third-order valence-corrected chi connectivity index (χ3v) is 4.77. The van der Waals surface area contributed by atoms with Crippen molar-refractivity contribution in [3.8, 4) is 0 Å². The van der Waals surface area contributed by atoms with Crippen LogP contribution in [-0.2, 0) is 12.7 Å². The van der Waals surface area contributed by atoms with Gasteiger partial charge in [-0.25, -0.2) is 9.50 Å². The summed E-state index contributed by atoms with van der Waals surface area (Å²) in [5.74, 6) is -0.697. The molecule has 0 bridgehead atoms. The van der Waals surface area contributed by atoms with Gasteiger partial charge in [-0.3, -0.25) is 9.48 Å². The second-order valence-electron chi connectivity index (χ2n) is 6.37. The number of alkyl halides is 3. The summed E-state index contributed by atoms with van der Waals surface area (Å²) in [5, 5.41) is 10.5. The number of halogens is 4. The number of carbonyl (C=O) groups excluding carboxylic acids is 1. The lowest BCUT2D eigenvalue weighted by atomic mass is 10.1. The molecule has 3 aromatic heterocycles. The predicted molar refractivity (Wildman–Crippen MR) is 96.3 cm³/mol. The lowest BCUT2D eigenvalue weighted by Gasteiger charge is -2.13. The molecule has 150 valence electrons. The molecule has 0 spiro atoms. The lowest BCUT2D eigenvalue weighted by Crippen LogP contribution is -2.27. The molecule has 0 saturated carbocycles. The number of nitrogens with one attached hydrogen (secondary N) is 1. The van der Waals surface area contributed by atoms with E-state index in [1.54, 1.807) is 17.8 Å². The van der Waals surface area contributed by atoms with Crippen LogP contribution >= 0.6 is 11.6 Å². The SMILES string of the molecule is CCn1ncc(C(C)NC(=O)c2nn3c(C(F)(F)F)cc(C)nc3c2Cl)c1C. The van der Waals surface area contributed by atoms with Crippen molar-refractivity contribution in [3.63, 3.8) is 0 Å². The maximum absolute atomic E-state index is 13.3. The summed E-state index contributed by atoms with van der Waals surface area (Å²) in [6.07, 6.45) is -3.03. The fourth-order valence-electron chi connectivity index (χ4n) is 3.01. The number of carbonyl (C=O) groups is 1.